The van der Waals surface area contributed by atoms with Crippen LogP contribution in [0.15, 0.2) is 0 Å². The molecule has 44 heavy (non-hydrogen) atoms. The van der Waals surface area contributed by atoms with Gasteiger partial charge in [0.2, 0.25) is 17.7 Å². The second-order valence-electron chi connectivity index (χ2n) is 10.9. The Hall–Kier alpha value is -3.25. The van der Waals surface area contributed by atoms with Gasteiger partial charge in [-0.3, -0.25) is 19.2 Å². The molecule has 1 aliphatic rings. The number of aliphatic hydroxyl groups excluding tert-OH is 3. The van der Waals surface area contributed by atoms with Crippen molar-refractivity contribution >= 4 is 23.7 Å². The number of unbranched alkanes of at least 4 members (excludes halogenated alkanes) is 5. The summed E-state index contributed by atoms with van der Waals surface area (Å²) in [5, 5.41) is 59.4. The summed E-state index contributed by atoms with van der Waals surface area (Å²) < 4.78 is 10.8. The van der Waals surface area contributed by atoms with Gasteiger partial charge in [-0.15, -0.1) is 10.2 Å². The first kappa shape index (κ1) is 36.9. The second-order valence-corrected chi connectivity index (χ2v) is 10.9. The van der Waals surface area contributed by atoms with Crippen LogP contribution in [0.1, 0.15) is 90.9 Å². The quantitative estimate of drug-likeness (QED) is 0.0900. The maximum absolute atomic E-state index is 13.0. The average molecular weight is 630 g/mol. The normalized spacial score (nSPS) is 23.8. The van der Waals surface area contributed by atoms with Crippen molar-refractivity contribution in [2.45, 2.75) is 134 Å². The Morgan fingerprint density at radius 1 is 1.05 bits per heavy atom. The molecule has 0 radical (unpaired) electrons. The first-order valence-corrected chi connectivity index (χ1v) is 15.0. The Labute approximate surface area is 256 Å². The summed E-state index contributed by atoms with van der Waals surface area (Å²) in [4.78, 5) is 50.2. The van der Waals surface area contributed by atoms with E-state index in [1.165, 1.54) is 32.0 Å². The minimum atomic E-state index is -1.63. The number of carbonyl (C=O) groups is 4. The van der Waals surface area contributed by atoms with Gasteiger partial charge in [-0.25, -0.2) is 0 Å². The van der Waals surface area contributed by atoms with Crippen LogP contribution in [0.2, 0.25) is 0 Å². The SMILES string of the molecule is CCCCCCCCn1nnc([C@@H](CCC(=O)O)NC(=O)[C@H](C)NC(=O)[C@@H](C)O[C@H]2[C@H](O)[C@@H](CO)O[C@H](O)[C@@H]2NC(C)=O)n1. The molecule has 0 aliphatic carbocycles. The predicted octanol–water partition coefficient (Wildman–Crippen LogP) is -1.09. The van der Waals surface area contributed by atoms with Gasteiger partial charge in [0.1, 0.15) is 36.5 Å². The molecule has 0 unspecified atom stereocenters. The Morgan fingerprint density at radius 3 is 2.36 bits per heavy atom. The molecule has 1 aromatic heterocycles. The third-order valence-corrected chi connectivity index (χ3v) is 7.18. The summed E-state index contributed by atoms with van der Waals surface area (Å²) in [6, 6.07) is -3.24. The number of nitrogens with one attached hydrogen (secondary N) is 3. The lowest BCUT2D eigenvalue weighted by molar-refractivity contribution is -0.266. The van der Waals surface area contributed by atoms with Gasteiger partial charge < -0.3 is 45.9 Å². The van der Waals surface area contributed by atoms with E-state index in [-0.39, 0.29) is 18.7 Å². The lowest BCUT2D eigenvalue weighted by Crippen LogP contribution is -2.65. The molecule has 0 aromatic carbocycles. The molecule has 17 nitrogen and oxygen atoms in total. The van der Waals surface area contributed by atoms with E-state index in [0.29, 0.717) is 6.54 Å². The molecule has 0 saturated carbocycles. The van der Waals surface area contributed by atoms with Crippen LogP contribution >= 0.6 is 0 Å². The van der Waals surface area contributed by atoms with Gasteiger partial charge in [0, 0.05) is 13.3 Å². The monoisotopic (exact) mass is 629 g/mol. The maximum atomic E-state index is 13.0. The zero-order valence-corrected chi connectivity index (χ0v) is 25.7. The van der Waals surface area contributed by atoms with E-state index in [1.54, 1.807) is 0 Å². The fourth-order valence-electron chi connectivity index (χ4n) is 4.68. The van der Waals surface area contributed by atoms with Crippen molar-refractivity contribution < 1.29 is 49.1 Å². The van der Waals surface area contributed by atoms with Crippen molar-refractivity contribution in [1.82, 2.24) is 36.2 Å². The smallest absolute Gasteiger partial charge is 0.303 e. The fourth-order valence-corrected chi connectivity index (χ4v) is 4.68. The van der Waals surface area contributed by atoms with Gasteiger partial charge in [0.15, 0.2) is 12.1 Å². The molecule has 17 heteroatoms. The number of aromatic nitrogens is 4. The number of nitrogens with zero attached hydrogens (tertiary/aromatic N) is 4. The van der Waals surface area contributed by atoms with Crippen molar-refractivity contribution in [3.8, 4) is 0 Å². The van der Waals surface area contributed by atoms with Gasteiger partial charge in [-0.05, 0) is 31.9 Å². The topological polar surface area (TPSA) is 247 Å². The van der Waals surface area contributed by atoms with Crippen molar-refractivity contribution in [2.75, 3.05) is 6.61 Å². The Balaban J connectivity index is 2.00. The van der Waals surface area contributed by atoms with Crippen molar-refractivity contribution in [3.63, 3.8) is 0 Å². The number of carboxylic acids is 1. The van der Waals surface area contributed by atoms with Gasteiger partial charge in [0.05, 0.1) is 19.2 Å². The summed E-state index contributed by atoms with van der Waals surface area (Å²) in [5.41, 5.74) is 0. The summed E-state index contributed by atoms with van der Waals surface area (Å²) >= 11 is 0. The van der Waals surface area contributed by atoms with E-state index < -0.39 is 79.1 Å². The number of aryl methyl sites for hydroxylation is 1. The van der Waals surface area contributed by atoms with Crippen LogP contribution in [0.4, 0.5) is 0 Å². The number of hydrogen-bond donors (Lipinski definition) is 7. The molecule has 2 rings (SSSR count). The number of rotatable bonds is 19. The number of tetrazole rings is 1. The molecule has 1 fully saturated rings. The molecule has 0 spiro atoms. The van der Waals surface area contributed by atoms with Crippen LogP contribution in [0.3, 0.4) is 0 Å². The molecular formula is C27H47N7O10. The standard InChI is InChI=1S/C27H47N7O10/c1-5-6-7-8-9-10-13-34-32-24(31-33-34)18(11-12-20(37)38)30-25(40)15(2)28-26(41)16(3)43-23-21(29-17(4)36)27(42)44-19(14-35)22(23)39/h15-16,18-19,21-23,27,35,39,42H,5-14H2,1-4H3,(H,28,41)(H,29,36)(H,30,40)(H,37,38)/t15-,16+,18+,19+,21+,22+,23+,27-/m0/s1. The Morgan fingerprint density at radius 2 is 1.73 bits per heavy atom. The van der Waals surface area contributed by atoms with Crippen LogP contribution in [-0.4, -0.2) is 114 Å². The van der Waals surface area contributed by atoms with Crippen molar-refractivity contribution in [3.05, 3.63) is 5.82 Å². The number of carboxylic acid groups (broad SMARTS) is 1. The summed E-state index contributed by atoms with van der Waals surface area (Å²) in [6.07, 6.45) is -0.792. The van der Waals surface area contributed by atoms with Crippen LogP contribution in [0.25, 0.3) is 0 Å². The molecule has 250 valence electrons. The third kappa shape index (κ3) is 11.7. The van der Waals surface area contributed by atoms with E-state index in [9.17, 15) is 39.6 Å². The highest BCUT2D eigenvalue weighted by molar-refractivity contribution is 5.89. The number of aliphatic carboxylic acids is 1. The molecule has 2 heterocycles. The van der Waals surface area contributed by atoms with E-state index in [0.717, 1.165) is 32.1 Å². The highest BCUT2D eigenvalue weighted by atomic mass is 16.6. The second kappa shape index (κ2) is 18.5. The van der Waals surface area contributed by atoms with E-state index in [1.807, 2.05) is 0 Å². The number of hydrogen-bond acceptors (Lipinski definition) is 12. The molecule has 1 aromatic rings. The first-order valence-electron chi connectivity index (χ1n) is 15.0. The summed E-state index contributed by atoms with van der Waals surface area (Å²) in [6.45, 7) is 5.95. The lowest BCUT2D eigenvalue weighted by Gasteiger charge is -2.43. The average Bonchev–Trinajstić information content (AvgIpc) is 3.44. The number of amides is 3. The van der Waals surface area contributed by atoms with Crippen LogP contribution in [0, 0.1) is 0 Å². The predicted molar refractivity (Wildman–Crippen MR) is 152 cm³/mol. The van der Waals surface area contributed by atoms with Crippen molar-refractivity contribution in [1.29, 1.82) is 0 Å². The van der Waals surface area contributed by atoms with Gasteiger partial charge in [0.25, 0.3) is 0 Å². The number of aliphatic hydroxyl groups is 3. The van der Waals surface area contributed by atoms with Gasteiger partial charge in [-0.1, -0.05) is 39.0 Å². The zero-order valence-electron chi connectivity index (χ0n) is 25.7. The molecule has 8 atom stereocenters. The van der Waals surface area contributed by atoms with Gasteiger partial charge in [-0.2, -0.15) is 4.80 Å². The Kier molecular flexibility index (Phi) is 15.6. The third-order valence-electron chi connectivity index (χ3n) is 7.18. The fraction of sp³-hybridized carbons (Fsp3) is 0.815. The highest BCUT2D eigenvalue weighted by Gasteiger charge is 2.47. The molecular weight excluding hydrogens is 582 g/mol. The van der Waals surface area contributed by atoms with Gasteiger partial charge >= 0.3 is 5.97 Å². The first-order chi connectivity index (χ1) is 20.9. The molecule has 7 N–H and O–H groups in total. The van der Waals surface area contributed by atoms with Crippen LogP contribution < -0.4 is 16.0 Å². The number of carbonyl (C=O) groups excluding carboxylic acids is 3. The molecule has 3 amide bonds. The molecule has 1 saturated heterocycles. The van der Waals surface area contributed by atoms with Crippen LogP contribution in [0.5, 0.6) is 0 Å². The zero-order chi connectivity index (χ0) is 32.8. The van der Waals surface area contributed by atoms with Crippen LogP contribution in [-0.2, 0) is 35.2 Å². The Bertz CT molecular complexity index is 1070. The van der Waals surface area contributed by atoms with E-state index >= 15 is 0 Å². The van der Waals surface area contributed by atoms with Crippen molar-refractivity contribution in [2.24, 2.45) is 0 Å². The highest BCUT2D eigenvalue weighted by Crippen LogP contribution is 2.24. The maximum Gasteiger partial charge on any atom is 0.303 e. The lowest BCUT2D eigenvalue weighted by atomic mass is 9.96. The molecule has 0 bridgehead atoms. The number of ether oxygens (including phenoxy) is 2. The minimum absolute atomic E-state index is 0.00943. The minimum Gasteiger partial charge on any atom is -0.481 e. The summed E-state index contributed by atoms with van der Waals surface area (Å²) in [5.74, 6) is -2.88. The molecule has 1 aliphatic heterocycles. The van der Waals surface area contributed by atoms with E-state index in [4.69, 9.17) is 9.47 Å². The van der Waals surface area contributed by atoms with E-state index in [2.05, 4.69) is 38.3 Å². The summed E-state index contributed by atoms with van der Waals surface area (Å²) in [7, 11) is 0. The largest absolute Gasteiger partial charge is 0.481 e.